The molecule has 0 aromatic heterocycles. The van der Waals surface area contributed by atoms with Crippen molar-refractivity contribution < 1.29 is 37.2 Å². The molecule has 0 saturated carbocycles. The van der Waals surface area contributed by atoms with Crippen LogP contribution in [0.2, 0.25) is 0 Å². The van der Waals surface area contributed by atoms with Gasteiger partial charge in [-0.2, -0.15) is 0 Å². The van der Waals surface area contributed by atoms with Crippen molar-refractivity contribution in [3.63, 3.8) is 0 Å². The van der Waals surface area contributed by atoms with Gasteiger partial charge in [-0.1, -0.05) is 15.9 Å². The van der Waals surface area contributed by atoms with Crippen LogP contribution in [0, 0.1) is 0 Å². The second-order valence-corrected chi connectivity index (χ2v) is 6.05. The van der Waals surface area contributed by atoms with E-state index >= 15 is 0 Å². The van der Waals surface area contributed by atoms with Crippen molar-refractivity contribution >= 4 is 35.7 Å². The molecule has 1 unspecified atom stereocenters. The van der Waals surface area contributed by atoms with Gasteiger partial charge in [-0.3, -0.25) is 4.52 Å². The van der Waals surface area contributed by atoms with Gasteiger partial charge in [0.25, 0.3) is 0 Å². The summed E-state index contributed by atoms with van der Waals surface area (Å²) in [5.41, 5.74) is 0. The van der Waals surface area contributed by atoms with E-state index in [1.165, 1.54) is 0 Å². The van der Waals surface area contributed by atoms with Crippen LogP contribution in [0.1, 0.15) is 27.7 Å². The van der Waals surface area contributed by atoms with E-state index < -0.39 is 37.4 Å². The fourth-order valence-electron chi connectivity index (χ4n) is 1.13. The van der Waals surface area contributed by atoms with Gasteiger partial charge in [-0.15, -0.1) is 0 Å². The first-order valence-electron chi connectivity index (χ1n) is 6.70. The monoisotopic (exact) mass is 414 g/mol. The van der Waals surface area contributed by atoms with Gasteiger partial charge < -0.3 is 18.5 Å². The summed E-state index contributed by atoms with van der Waals surface area (Å²) in [5, 5.41) is 0. The number of esters is 2. The second-order valence-electron chi connectivity index (χ2n) is 4.12. The quantitative estimate of drug-likeness (QED) is 0.232. The number of phosphoric acid groups is 1. The van der Waals surface area contributed by atoms with E-state index in [1.807, 2.05) is 0 Å². The smallest absolute Gasteiger partial charge is 0.460 e. The molecule has 0 amide bonds. The van der Waals surface area contributed by atoms with Gasteiger partial charge in [0.1, 0.15) is 0 Å². The molecule has 132 valence electrons. The Labute approximate surface area is 143 Å². The van der Waals surface area contributed by atoms with E-state index in [4.69, 9.17) is 18.3 Å². The number of carbonyl (C=O) groups is 2. The van der Waals surface area contributed by atoms with Crippen molar-refractivity contribution in [1.29, 1.82) is 0 Å². The Morgan fingerprint density at radius 3 is 2.09 bits per heavy atom. The van der Waals surface area contributed by atoms with Crippen LogP contribution in [-0.4, -0.2) is 31.3 Å². The number of phosphoric ester groups is 1. The number of ether oxygens (including phenoxy) is 2. The maximum Gasteiger partial charge on any atom is 0.588 e. The maximum absolute atomic E-state index is 12.6. The lowest BCUT2D eigenvalue weighted by Crippen LogP contribution is -2.15. The zero-order chi connectivity index (χ0) is 18.0. The highest BCUT2D eigenvalue weighted by molar-refractivity contribution is 9.11. The van der Waals surface area contributed by atoms with Gasteiger partial charge in [0.15, 0.2) is 0 Å². The van der Waals surface area contributed by atoms with Crippen LogP contribution in [0.15, 0.2) is 23.1 Å². The minimum absolute atomic E-state index is 0.0762. The van der Waals surface area contributed by atoms with E-state index in [1.54, 1.807) is 27.7 Å². The second kappa shape index (κ2) is 10.5. The van der Waals surface area contributed by atoms with Crippen molar-refractivity contribution in [1.82, 2.24) is 0 Å². The summed E-state index contributed by atoms with van der Waals surface area (Å²) in [6.45, 7) is 9.76. The number of hydrogen-bond donors (Lipinski definition) is 0. The molecule has 0 saturated heterocycles. The predicted molar refractivity (Wildman–Crippen MR) is 85.4 cm³/mol. The highest BCUT2D eigenvalue weighted by Crippen LogP contribution is 2.54. The molecule has 23 heavy (non-hydrogen) atoms. The Balaban J connectivity index is 5.25. The predicted octanol–water partition coefficient (Wildman–Crippen LogP) is 3.43. The minimum Gasteiger partial charge on any atom is -0.460 e. The molecule has 0 bridgehead atoms. The molecule has 10 heteroatoms. The van der Waals surface area contributed by atoms with Crippen LogP contribution >= 0.6 is 23.8 Å². The third-order valence-electron chi connectivity index (χ3n) is 1.85. The number of halogens is 1. The maximum atomic E-state index is 12.6. The zero-order valence-corrected chi connectivity index (χ0v) is 15.8. The molecule has 0 aliphatic rings. The fourth-order valence-corrected chi connectivity index (χ4v) is 2.91. The molecule has 0 fully saturated rings. The van der Waals surface area contributed by atoms with Crippen molar-refractivity contribution in [2.75, 3.05) is 13.2 Å². The summed E-state index contributed by atoms with van der Waals surface area (Å²) in [5.74, 6) is -2.84. The van der Waals surface area contributed by atoms with Gasteiger partial charge in [-0.25, -0.2) is 14.2 Å². The van der Waals surface area contributed by atoms with Crippen LogP contribution in [0.4, 0.5) is 0 Å². The third kappa shape index (κ3) is 8.20. The molecule has 0 aromatic carbocycles. The molecule has 0 rings (SSSR count). The van der Waals surface area contributed by atoms with E-state index in [0.29, 0.717) is 0 Å². The highest BCUT2D eigenvalue weighted by atomic mass is 79.9. The van der Waals surface area contributed by atoms with E-state index in [-0.39, 0.29) is 13.2 Å². The molecule has 0 spiro atoms. The average molecular weight is 415 g/mol. The Morgan fingerprint density at radius 1 is 1.13 bits per heavy atom. The Hall–Kier alpha value is -1.31. The van der Waals surface area contributed by atoms with Gasteiger partial charge in [0, 0.05) is 4.99 Å². The van der Waals surface area contributed by atoms with Gasteiger partial charge in [0.05, 0.1) is 19.3 Å². The first-order valence-corrected chi connectivity index (χ1v) is 9.07. The third-order valence-corrected chi connectivity index (χ3v) is 3.81. The van der Waals surface area contributed by atoms with E-state index in [9.17, 15) is 14.2 Å². The minimum atomic E-state index is -4.36. The Kier molecular flexibility index (Phi) is 9.87. The fraction of sp³-hybridized carbons (Fsp3) is 0.538. The molecular formula is C13H20BrO8P. The van der Waals surface area contributed by atoms with E-state index in [0.717, 1.165) is 4.99 Å². The lowest BCUT2D eigenvalue weighted by atomic mass is 10.5. The molecule has 1 atom stereocenters. The SMILES string of the molecule is C=C(OP(=O)(O/C(=C/Br)C(=O)OCC)OC(C)C)C(=O)OCC. The van der Waals surface area contributed by atoms with Crippen LogP contribution in [-0.2, 0) is 37.2 Å². The van der Waals surface area contributed by atoms with Gasteiger partial charge in [-0.05, 0) is 34.3 Å². The van der Waals surface area contributed by atoms with Crippen LogP contribution in [0.25, 0.3) is 0 Å². The van der Waals surface area contributed by atoms with Crippen molar-refractivity contribution in [2.24, 2.45) is 0 Å². The zero-order valence-electron chi connectivity index (χ0n) is 13.4. The lowest BCUT2D eigenvalue weighted by Gasteiger charge is -2.21. The molecule has 0 aliphatic heterocycles. The van der Waals surface area contributed by atoms with Crippen LogP contribution < -0.4 is 0 Å². The summed E-state index contributed by atoms with van der Waals surface area (Å²) in [6, 6.07) is 0. The van der Waals surface area contributed by atoms with Gasteiger partial charge >= 0.3 is 19.8 Å². The topological polar surface area (TPSA) is 97.4 Å². The number of hydrogen-bond acceptors (Lipinski definition) is 8. The summed E-state index contributed by atoms with van der Waals surface area (Å²) in [4.78, 5) is 24.2. The Morgan fingerprint density at radius 2 is 1.65 bits per heavy atom. The number of carbonyl (C=O) groups excluding carboxylic acids is 2. The standard InChI is InChI=1S/C13H20BrO8P/c1-6-18-12(15)10(5)21-23(17,20-9(3)4)22-11(8-14)13(16)19-7-2/h8-9H,5-7H2,1-4H3/b11-8+. The molecular weight excluding hydrogens is 395 g/mol. The normalized spacial score (nSPS) is 13.9. The molecule has 0 N–H and O–H groups in total. The summed E-state index contributed by atoms with van der Waals surface area (Å²) in [6.07, 6.45) is -0.588. The van der Waals surface area contributed by atoms with Crippen LogP contribution in [0.3, 0.4) is 0 Å². The highest BCUT2D eigenvalue weighted by Gasteiger charge is 2.37. The first kappa shape index (κ1) is 21.7. The molecule has 8 nitrogen and oxygen atoms in total. The van der Waals surface area contributed by atoms with Crippen molar-refractivity contribution in [3.05, 3.63) is 23.1 Å². The van der Waals surface area contributed by atoms with Gasteiger partial charge in [0.2, 0.25) is 11.5 Å². The average Bonchev–Trinajstić information content (AvgIpc) is 2.44. The summed E-state index contributed by atoms with van der Waals surface area (Å²) < 4.78 is 37.0. The summed E-state index contributed by atoms with van der Waals surface area (Å²) >= 11 is 2.89. The molecule has 0 radical (unpaired) electrons. The van der Waals surface area contributed by atoms with Crippen molar-refractivity contribution in [3.8, 4) is 0 Å². The van der Waals surface area contributed by atoms with Crippen molar-refractivity contribution in [2.45, 2.75) is 33.8 Å². The van der Waals surface area contributed by atoms with Crippen LogP contribution in [0.5, 0.6) is 0 Å². The number of rotatable bonds is 10. The molecule has 0 heterocycles. The van der Waals surface area contributed by atoms with E-state index in [2.05, 4.69) is 27.2 Å². The Bertz CT molecular complexity index is 514. The first-order chi connectivity index (χ1) is 10.7. The largest absolute Gasteiger partial charge is 0.588 e. The summed E-state index contributed by atoms with van der Waals surface area (Å²) in [7, 11) is -4.36. The lowest BCUT2D eigenvalue weighted by molar-refractivity contribution is -0.141. The molecule has 0 aromatic rings. The molecule has 0 aliphatic carbocycles.